The van der Waals surface area contributed by atoms with E-state index in [1.807, 2.05) is 20.8 Å². The van der Waals surface area contributed by atoms with Crippen LogP contribution in [0.25, 0.3) is 0 Å². The number of hydrogen-bond acceptors (Lipinski definition) is 4. The molecule has 4 nitrogen and oxygen atoms in total. The number of nitrogens with one attached hydrogen (secondary N) is 1. The van der Waals surface area contributed by atoms with Gasteiger partial charge in [-0.1, -0.05) is 20.8 Å². The van der Waals surface area contributed by atoms with Crippen molar-refractivity contribution in [3.05, 3.63) is 0 Å². The van der Waals surface area contributed by atoms with E-state index in [2.05, 4.69) is 38.0 Å². The highest BCUT2D eigenvalue weighted by Gasteiger charge is 2.34. The van der Waals surface area contributed by atoms with Gasteiger partial charge < -0.3 is 9.64 Å². The second kappa shape index (κ2) is 7.25. The first-order valence-electron chi connectivity index (χ1n) is 7.05. The lowest BCUT2D eigenvalue weighted by molar-refractivity contribution is -0.148. The third-order valence-electron chi connectivity index (χ3n) is 2.98. The van der Waals surface area contributed by atoms with Crippen molar-refractivity contribution in [1.82, 2.24) is 10.2 Å². The first-order valence-corrected chi connectivity index (χ1v) is 7.05. The highest BCUT2D eigenvalue weighted by molar-refractivity contribution is 5.80. The van der Waals surface area contributed by atoms with Crippen molar-refractivity contribution in [2.45, 2.75) is 59.5 Å². The molecule has 0 fully saturated rings. The fourth-order valence-corrected chi connectivity index (χ4v) is 2.40. The monoisotopic (exact) mass is 272 g/mol. The molecule has 0 aliphatic rings. The van der Waals surface area contributed by atoms with Crippen molar-refractivity contribution in [1.29, 1.82) is 0 Å². The zero-order chi connectivity index (χ0) is 15.3. The maximum Gasteiger partial charge on any atom is 0.325 e. The Bertz CT molecular complexity index is 284. The fraction of sp³-hybridized carbons (Fsp3) is 0.933. The molecule has 0 heterocycles. The molecule has 0 saturated heterocycles. The van der Waals surface area contributed by atoms with E-state index in [1.165, 1.54) is 7.11 Å². The molecule has 0 amide bonds. The molecule has 0 saturated carbocycles. The van der Waals surface area contributed by atoms with Crippen molar-refractivity contribution in [2.24, 2.45) is 5.41 Å². The van der Waals surface area contributed by atoms with Crippen LogP contribution in [-0.4, -0.2) is 49.7 Å². The van der Waals surface area contributed by atoms with E-state index in [9.17, 15) is 4.79 Å². The molecule has 4 heteroatoms. The largest absolute Gasteiger partial charge is 0.468 e. The topological polar surface area (TPSA) is 41.6 Å². The standard InChI is InChI=1S/C15H32N2O2/c1-12(2)16-15(6,13(18)19-8)9-10-17(7)11-14(3,4)5/h12,16H,9-11H2,1-8H3. The van der Waals surface area contributed by atoms with Gasteiger partial charge in [0.1, 0.15) is 5.54 Å². The highest BCUT2D eigenvalue weighted by atomic mass is 16.5. The predicted molar refractivity (Wildman–Crippen MR) is 80.3 cm³/mol. The van der Waals surface area contributed by atoms with Gasteiger partial charge in [-0.2, -0.15) is 0 Å². The SMILES string of the molecule is COC(=O)C(C)(CCN(C)CC(C)(C)C)NC(C)C. The zero-order valence-corrected chi connectivity index (χ0v) is 14.0. The molecule has 0 aromatic carbocycles. The Morgan fingerprint density at radius 1 is 1.26 bits per heavy atom. The number of methoxy groups -OCH3 is 1. The number of nitrogens with zero attached hydrogens (tertiary/aromatic N) is 1. The highest BCUT2D eigenvalue weighted by Crippen LogP contribution is 2.17. The third kappa shape index (κ3) is 7.53. The summed E-state index contributed by atoms with van der Waals surface area (Å²) in [5.41, 5.74) is -0.350. The second-order valence-electron chi connectivity index (χ2n) is 7.17. The smallest absolute Gasteiger partial charge is 0.325 e. The average molecular weight is 272 g/mol. The number of ether oxygens (including phenoxy) is 1. The van der Waals surface area contributed by atoms with Crippen LogP contribution in [0.5, 0.6) is 0 Å². The van der Waals surface area contributed by atoms with Gasteiger partial charge in [0.25, 0.3) is 0 Å². The van der Waals surface area contributed by atoms with E-state index in [1.54, 1.807) is 0 Å². The second-order valence-corrected chi connectivity index (χ2v) is 7.17. The minimum atomic E-state index is -0.616. The summed E-state index contributed by atoms with van der Waals surface area (Å²) in [6, 6.07) is 0.247. The summed E-state index contributed by atoms with van der Waals surface area (Å²) in [6.07, 6.45) is 0.741. The van der Waals surface area contributed by atoms with Crippen LogP contribution in [0.15, 0.2) is 0 Å². The Labute approximate surface area is 118 Å². The molecule has 1 unspecified atom stereocenters. The van der Waals surface area contributed by atoms with Gasteiger partial charge in [-0.25, -0.2) is 0 Å². The minimum absolute atomic E-state index is 0.189. The molecule has 0 bridgehead atoms. The van der Waals surface area contributed by atoms with Gasteiger partial charge in [0, 0.05) is 19.1 Å². The van der Waals surface area contributed by atoms with Crippen molar-refractivity contribution in [3.8, 4) is 0 Å². The maximum atomic E-state index is 12.0. The molecule has 0 aliphatic carbocycles. The maximum absolute atomic E-state index is 12.0. The summed E-state index contributed by atoms with van der Waals surface area (Å²) in [7, 11) is 3.54. The molecule has 0 spiro atoms. The molecule has 114 valence electrons. The predicted octanol–water partition coefficient (Wildman–Crippen LogP) is 2.28. The van der Waals surface area contributed by atoms with Crippen molar-refractivity contribution < 1.29 is 9.53 Å². The lowest BCUT2D eigenvalue weighted by atomic mass is 9.94. The Morgan fingerprint density at radius 2 is 1.79 bits per heavy atom. The summed E-state index contributed by atoms with van der Waals surface area (Å²) in [5, 5.41) is 3.32. The van der Waals surface area contributed by atoms with Crippen LogP contribution in [0.3, 0.4) is 0 Å². The number of rotatable bonds is 7. The van der Waals surface area contributed by atoms with Gasteiger partial charge in [0.15, 0.2) is 0 Å². The van der Waals surface area contributed by atoms with E-state index in [0.29, 0.717) is 0 Å². The van der Waals surface area contributed by atoms with Crippen molar-refractivity contribution >= 4 is 5.97 Å². The molecule has 0 aromatic heterocycles. The van der Waals surface area contributed by atoms with Gasteiger partial charge in [-0.05, 0) is 39.7 Å². The van der Waals surface area contributed by atoms with Crippen LogP contribution in [0, 0.1) is 5.41 Å². The molecule has 0 aliphatic heterocycles. The number of carbonyl (C=O) groups excluding carboxylic acids is 1. The van der Waals surface area contributed by atoms with Crippen LogP contribution in [0.4, 0.5) is 0 Å². The summed E-state index contributed by atoms with van der Waals surface area (Å²) >= 11 is 0. The average Bonchev–Trinajstić information content (AvgIpc) is 2.22. The third-order valence-corrected chi connectivity index (χ3v) is 2.98. The fourth-order valence-electron chi connectivity index (χ4n) is 2.40. The van der Waals surface area contributed by atoms with E-state index in [-0.39, 0.29) is 17.4 Å². The molecule has 0 rings (SSSR count). The number of hydrogen-bond donors (Lipinski definition) is 1. The molecule has 1 atom stereocenters. The van der Waals surface area contributed by atoms with Crippen molar-refractivity contribution in [2.75, 3.05) is 27.2 Å². The Kier molecular flexibility index (Phi) is 7.01. The number of esters is 1. The van der Waals surface area contributed by atoms with Crippen molar-refractivity contribution in [3.63, 3.8) is 0 Å². The Hall–Kier alpha value is -0.610. The Morgan fingerprint density at radius 3 is 2.16 bits per heavy atom. The van der Waals surface area contributed by atoms with Crippen LogP contribution >= 0.6 is 0 Å². The van der Waals surface area contributed by atoms with Gasteiger partial charge >= 0.3 is 5.97 Å². The summed E-state index contributed by atoms with van der Waals surface area (Å²) < 4.78 is 4.93. The lowest BCUT2D eigenvalue weighted by Gasteiger charge is -2.33. The molecule has 0 radical (unpaired) electrons. The molecule has 0 aromatic rings. The van der Waals surface area contributed by atoms with Crippen LogP contribution < -0.4 is 5.32 Å². The summed E-state index contributed by atoms with van der Waals surface area (Å²) in [4.78, 5) is 14.2. The van der Waals surface area contributed by atoms with E-state index in [4.69, 9.17) is 4.74 Å². The summed E-state index contributed by atoms with van der Waals surface area (Å²) in [5.74, 6) is -0.189. The van der Waals surface area contributed by atoms with E-state index in [0.717, 1.165) is 19.5 Å². The van der Waals surface area contributed by atoms with E-state index >= 15 is 0 Å². The Balaban J connectivity index is 4.54. The quantitative estimate of drug-likeness (QED) is 0.722. The molecule has 19 heavy (non-hydrogen) atoms. The van der Waals surface area contributed by atoms with Crippen LogP contribution in [0.2, 0.25) is 0 Å². The summed E-state index contributed by atoms with van der Waals surface area (Å²) in [6.45, 7) is 14.5. The van der Waals surface area contributed by atoms with Gasteiger partial charge in [-0.15, -0.1) is 0 Å². The van der Waals surface area contributed by atoms with Crippen LogP contribution in [0.1, 0.15) is 48.0 Å². The molecular weight excluding hydrogens is 240 g/mol. The molecular formula is C15H32N2O2. The molecule has 1 N–H and O–H groups in total. The first kappa shape index (κ1) is 18.4. The number of carbonyl (C=O) groups is 1. The minimum Gasteiger partial charge on any atom is -0.468 e. The van der Waals surface area contributed by atoms with Crippen LogP contribution in [-0.2, 0) is 9.53 Å². The zero-order valence-electron chi connectivity index (χ0n) is 14.0. The lowest BCUT2D eigenvalue weighted by Crippen LogP contribution is -2.54. The first-order chi connectivity index (χ1) is 8.50. The normalized spacial score (nSPS) is 15.7. The van der Waals surface area contributed by atoms with E-state index < -0.39 is 5.54 Å². The van der Waals surface area contributed by atoms with Gasteiger partial charge in [0.05, 0.1) is 7.11 Å². The van der Waals surface area contributed by atoms with Gasteiger partial charge in [0.2, 0.25) is 0 Å². The van der Waals surface area contributed by atoms with Gasteiger partial charge in [-0.3, -0.25) is 10.1 Å².